The second-order valence-electron chi connectivity index (χ2n) is 6.18. The fourth-order valence-corrected chi connectivity index (χ4v) is 2.74. The van der Waals surface area contributed by atoms with Crippen LogP contribution in [0.1, 0.15) is 28.5 Å². The molecule has 0 spiro atoms. The number of benzene rings is 2. The molecule has 1 heterocycles. The SMILES string of the molecule is CCn1nc(C(=O)NNC(=O)Cc2ccc(C)cc2)c2ccccc2c1=O. The van der Waals surface area contributed by atoms with Gasteiger partial charge in [-0.05, 0) is 25.5 Å². The van der Waals surface area contributed by atoms with Gasteiger partial charge in [-0.3, -0.25) is 25.2 Å². The van der Waals surface area contributed by atoms with Crippen molar-refractivity contribution in [3.05, 3.63) is 75.7 Å². The number of fused-ring (bicyclic) bond motifs is 1. The van der Waals surface area contributed by atoms with E-state index in [2.05, 4.69) is 16.0 Å². The summed E-state index contributed by atoms with van der Waals surface area (Å²) in [6, 6.07) is 14.3. The standard InChI is InChI=1S/C20H20N4O3/c1-3-24-20(27)16-7-5-4-6-15(16)18(23-24)19(26)22-21-17(25)12-14-10-8-13(2)9-11-14/h4-11H,3,12H2,1-2H3,(H,21,25)(H,22,26). The molecule has 3 rings (SSSR count). The molecule has 0 saturated carbocycles. The highest BCUT2D eigenvalue weighted by molar-refractivity contribution is 6.05. The minimum absolute atomic E-state index is 0.0858. The molecule has 0 aliphatic heterocycles. The molecule has 0 fully saturated rings. The smallest absolute Gasteiger partial charge is 0.273 e. The van der Waals surface area contributed by atoms with Crippen molar-refractivity contribution in [1.29, 1.82) is 0 Å². The normalized spacial score (nSPS) is 10.6. The second-order valence-corrected chi connectivity index (χ2v) is 6.18. The summed E-state index contributed by atoms with van der Waals surface area (Å²) >= 11 is 0. The van der Waals surface area contributed by atoms with Gasteiger partial charge in [-0.2, -0.15) is 5.10 Å². The number of carbonyl (C=O) groups excluding carboxylic acids is 2. The number of hydrogen-bond donors (Lipinski definition) is 2. The molecule has 0 atom stereocenters. The van der Waals surface area contributed by atoms with E-state index in [0.29, 0.717) is 17.3 Å². The average Bonchev–Trinajstić information content (AvgIpc) is 2.68. The van der Waals surface area contributed by atoms with Crippen molar-refractivity contribution in [3.8, 4) is 0 Å². The molecular weight excluding hydrogens is 344 g/mol. The van der Waals surface area contributed by atoms with Gasteiger partial charge in [-0.1, -0.05) is 48.0 Å². The van der Waals surface area contributed by atoms with E-state index in [0.717, 1.165) is 11.1 Å². The van der Waals surface area contributed by atoms with Crippen molar-refractivity contribution in [2.75, 3.05) is 0 Å². The van der Waals surface area contributed by atoms with Crippen LogP contribution in [0.3, 0.4) is 0 Å². The number of rotatable bonds is 4. The van der Waals surface area contributed by atoms with Crippen LogP contribution in [0, 0.1) is 6.92 Å². The summed E-state index contributed by atoms with van der Waals surface area (Å²) in [5, 5.41) is 4.98. The van der Waals surface area contributed by atoms with Crippen molar-refractivity contribution >= 4 is 22.6 Å². The predicted molar refractivity (Wildman–Crippen MR) is 102 cm³/mol. The van der Waals surface area contributed by atoms with Crippen LogP contribution in [-0.2, 0) is 17.8 Å². The summed E-state index contributed by atoms with van der Waals surface area (Å²) in [6.07, 6.45) is 0.142. The highest BCUT2D eigenvalue weighted by Gasteiger charge is 2.16. The van der Waals surface area contributed by atoms with Gasteiger partial charge in [0, 0.05) is 11.9 Å². The van der Waals surface area contributed by atoms with Crippen LogP contribution >= 0.6 is 0 Å². The number of aryl methyl sites for hydroxylation is 2. The van der Waals surface area contributed by atoms with Gasteiger partial charge < -0.3 is 0 Å². The maximum atomic E-state index is 12.5. The molecule has 27 heavy (non-hydrogen) atoms. The minimum Gasteiger partial charge on any atom is -0.273 e. The molecule has 0 radical (unpaired) electrons. The van der Waals surface area contributed by atoms with Crippen LogP contribution in [-0.4, -0.2) is 21.6 Å². The Morgan fingerprint density at radius 2 is 1.67 bits per heavy atom. The molecule has 0 aliphatic carbocycles. The number of carbonyl (C=O) groups is 2. The zero-order valence-corrected chi connectivity index (χ0v) is 15.2. The lowest BCUT2D eigenvalue weighted by atomic mass is 10.1. The third kappa shape index (κ3) is 4.03. The second kappa shape index (κ2) is 7.82. The largest absolute Gasteiger partial charge is 0.290 e. The average molecular weight is 364 g/mol. The number of hydrazine groups is 1. The monoisotopic (exact) mass is 364 g/mol. The van der Waals surface area contributed by atoms with Crippen molar-refractivity contribution in [2.45, 2.75) is 26.8 Å². The van der Waals surface area contributed by atoms with Gasteiger partial charge in [0.05, 0.1) is 11.8 Å². The molecule has 0 saturated heterocycles. The van der Waals surface area contributed by atoms with Crippen molar-refractivity contribution in [3.63, 3.8) is 0 Å². The van der Waals surface area contributed by atoms with E-state index in [1.807, 2.05) is 31.2 Å². The van der Waals surface area contributed by atoms with Gasteiger partial charge in [0.2, 0.25) is 5.91 Å². The van der Waals surface area contributed by atoms with Crippen LogP contribution in [0.5, 0.6) is 0 Å². The highest BCUT2D eigenvalue weighted by Crippen LogP contribution is 2.13. The zero-order valence-electron chi connectivity index (χ0n) is 15.2. The molecule has 2 aromatic carbocycles. The number of aromatic nitrogens is 2. The zero-order chi connectivity index (χ0) is 19.4. The minimum atomic E-state index is -0.578. The van der Waals surface area contributed by atoms with Crippen molar-refractivity contribution in [2.24, 2.45) is 0 Å². The Morgan fingerprint density at radius 3 is 2.33 bits per heavy atom. The molecule has 7 heteroatoms. The molecule has 7 nitrogen and oxygen atoms in total. The van der Waals surface area contributed by atoms with E-state index in [1.165, 1.54) is 4.68 Å². The third-order valence-corrected chi connectivity index (χ3v) is 4.18. The molecule has 2 amide bonds. The first kappa shape index (κ1) is 18.3. The van der Waals surface area contributed by atoms with Crippen LogP contribution in [0.15, 0.2) is 53.3 Å². The van der Waals surface area contributed by atoms with Gasteiger partial charge in [-0.25, -0.2) is 4.68 Å². The molecular formula is C20H20N4O3. The van der Waals surface area contributed by atoms with E-state index in [4.69, 9.17) is 0 Å². The lowest BCUT2D eigenvalue weighted by Crippen LogP contribution is -2.43. The van der Waals surface area contributed by atoms with Crippen molar-refractivity contribution < 1.29 is 9.59 Å². The van der Waals surface area contributed by atoms with E-state index >= 15 is 0 Å². The van der Waals surface area contributed by atoms with E-state index < -0.39 is 5.91 Å². The molecule has 0 bridgehead atoms. The number of nitrogens with zero attached hydrogens (tertiary/aromatic N) is 2. The number of nitrogens with one attached hydrogen (secondary N) is 2. The molecule has 3 aromatic rings. The quantitative estimate of drug-likeness (QED) is 0.690. The fourth-order valence-electron chi connectivity index (χ4n) is 2.74. The maximum Gasteiger partial charge on any atom is 0.290 e. The number of amides is 2. The van der Waals surface area contributed by atoms with Crippen LogP contribution in [0.4, 0.5) is 0 Å². The predicted octanol–water partition coefficient (Wildman–Crippen LogP) is 1.73. The molecule has 0 aliphatic rings. The summed E-state index contributed by atoms with van der Waals surface area (Å²) in [5.74, 6) is -0.925. The fraction of sp³-hybridized carbons (Fsp3) is 0.200. The van der Waals surface area contributed by atoms with Gasteiger partial charge in [0.1, 0.15) is 0 Å². The highest BCUT2D eigenvalue weighted by atomic mass is 16.2. The van der Waals surface area contributed by atoms with E-state index in [-0.39, 0.29) is 23.6 Å². The lowest BCUT2D eigenvalue weighted by Gasteiger charge is -2.11. The maximum absolute atomic E-state index is 12.5. The Bertz CT molecular complexity index is 1060. The van der Waals surface area contributed by atoms with Gasteiger partial charge >= 0.3 is 0 Å². The molecule has 1 aromatic heterocycles. The third-order valence-electron chi connectivity index (χ3n) is 4.18. The van der Waals surface area contributed by atoms with Crippen LogP contribution in [0.2, 0.25) is 0 Å². The topological polar surface area (TPSA) is 93.1 Å². The number of hydrogen-bond acceptors (Lipinski definition) is 4. The van der Waals surface area contributed by atoms with E-state index in [9.17, 15) is 14.4 Å². The Hall–Kier alpha value is -3.48. The van der Waals surface area contributed by atoms with Crippen LogP contribution < -0.4 is 16.4 Å². The summed E-state index contributed by atoms with van der Waals surface area (Å²) < 4.78 is 1.23. The molecule has 2 N–H and O–H groups in total. The first-order chi connectivity index (χ1) is 13.0. The molecule has 0 unspecified atom stereocenters. The van der Waals surface area contributed by atoms with Gasteiger partial charge in [-0.15, -0.1) is 0 Å². The van der Waals surface area contributed by atoms with Gasteiger partial charge in [0.15, 0.2) is 5.69 Å². The van der Waals surface area contributed by atoms with Crippen LogP contribution in [0.25, 0.3) is 10.8 Å². The lowest BCUT2D eigenvalue weighted by molar-refractivity contribution is -0.121. The van der Waals surface area contributed by atoms with Gasteiger partial charge in [0.25, 0.3) is 11.5 Å². The first-order valence-electron chi connectivity index (χ1n) is 8.64. The summed E-state index contributed by atoms with van der Waals surface area (Å²) in [5.41, 5.74) is 6.55. The first-order valence-corrected chi connectivity index (χ1v) is 8.64. The molecule has 138 valence electrons. The summed E-state index contributed by atoms with van der Waals surface area (Å²) in [4.78, 5) is 36.9. The Morgan fingerprint density at radius 1 is 1.00 bits per heavy atom. The summed E-state index contributed by atoms with van der Waals surface area (Å²) in [6.45, 7) is 4.08. The Balaban J connectivity index is 1.76. The van der Waals surface area contributed by atoms with E-state index in [1.54, 1.807) is 31.2 Å². The van der Waals surface area contributed by atoms with Crippen molar-refractivity contribution in [1.82, 2.24) is 20.6 Å². The Kier molecular flexibility index (Phi) is 5.30. The summed E-state index contributed by atoms with van der Waals surface area (Å²) in [7, 11) is 0. The Labute approximate surface area is 156 Å².